The Labute approximate surface area is 119 Å². The summed E-state index contributed by atoms with van der Waals surface area (Å²) >= 11 is 0. The number of halogens is 3. The molecule has 2 atom stereocenters. The molecule has 1 heterocycles. The van der Waals surface area contributed by atoms with E-state index in [2.05, 4.69) is 15.3 Å². The number of hydrogen-bond acceptors (Lipinski definition) is 4. The van der Waals surface area contributed by atoms with Crippen molar-refractivity contribution in [3.05, 3.63) is 53.3 Å². The van der Waals surface area contributed by atoms with Gasteiger partial charge in [-0.2, -0.15) is 13.2 Å². The van der Waals surface area contributed by atoms with Crippen LogP contribution in [-0.2, 0) is 12.6 Å². The van der Waals surface area contributed by atoms with Crippen LogP contribution in [0.25, 0.3) is 0 Å². The molecular formula is C14H13F3N4. The van der Waals surface area contributed by atoms with Gasteiger partial charge in [-0.15, -0.1) is 0 Å². The van der Waals surface area contributed by atoms with E-state index in [4.69, 9.17) is 5.73 Å². The molecule has 2 aromatic rings. The number of nitrogens with zero attached hydrogens (tertiary/aromatic N) is 2. The van der Waals surface area contributed by atoms with E-state index in [0.717, 1.165) is 23.4 Å². The Kier molecular flexibility index (Phi) is 3.29. The molecule has 110 valence electrons. The number of fused-ring (bicyclic) bond motifs is 1. The molecule has 3 N–H and O–H groups in total. The molecule has 0 spiro atoms. The number of nitrogens with one attached hydrogen (secondary N) is 1. The Bertz CT molecular complexity index is 657. The maximum atomic E-state index is 12.7. The first-order chi connectivity index (χ1) is 9.95. The topological polar surface area (TPSA) is 63.8 Å². The van der Waals surface area contributed by atoms with Gasteiger partial charge in [0.25, 0.3) is 0 Å². The van der Waals surface area contributed by atoms with Crippen molar-refractivity contribution >= 4 is 5.95 Å². The summed E-state index contributed by atoms with van der Waals surface area (Å²) in [6.07, 6.45) is -2.73. The highest BCUT2D eigenvalue weighted by Crippen LogP contribution is 2.33. The molecule has 0 saturated heterocycles. The van der Waals surface area contributed by atoms with Crippen LogP contribution in [0.4, 0.5) is 19.1 Å². The second kappa shape index (κ2) is 5.00. The summed E-state index contributed by atoms with van der Waals surface area (Å²) in [5, 5.41) is 2.91. The zero-order chi connectivity index (χ0) is 15.0. The van der Waals surface area contributed by atoms with Crippen molar-refractivity contribution < 1.29 is 13.2 Å². The summed E-state index contributed by atoms with van der Waals surface area (Å²) in [7, 11) is 0. The fourth-order valence-electron chi connectivity index (χ4n) is 2.54. The predicted octanol–water partition coefficient (Wildman–Crippen LogP) is 2.53. The molecule has 0 bridgehead atoms. The standard InChI is InChI=1S/C14H13F3N4/c15-14(16,17)11-5-6-19-13(20-11)21-12-9-4-2-1-3-8(9)7-10(12)18/h1-6,10,12H,7,18H2,(H,19,20,21). The minimum Gasteiger partial charge on any atom is -0.346 e. The quantitative estimate of drug-likeness (QED) is 0.893. The molecule has 21 heavy (non-hydrogen) atoms. The van der Waals surface area contributed by atoms with Gasteiger partial charge in [-0.05, 0) is 23.6 Å². The number of nitrogens with two attached hydrogens (primary N) is 1. The minimum absolute atomic E-state index is 0.0676. The maximum absolute atomic E-state index is 12.7. The van der Waals surface area contributed by atoms with E-state index >= 15 is 0 Å². The van der Waals surface area contributed by atoms with Crippen molar-refractivity contribution in [1.82, 2.24) is 9.97 Å². The van der Waals surface area contributed by atoms with Crippen LogP contribution in [0.2, 0.25) is 0 Å². The zero-order valence-corrected chi connectivity index (χ0v) is 10.9. The van der Waals surface area contributed by atoms with Crippen molar-refractivity contribution in [1.29, 1.82) is 0 Å². The highest BCUT2D eigenvalue weighted by molar-refractivity contribution is 5.43. The second-order valence-corrected chi connectivity index (χ2v) is 4.95. The van der Waals surface area contributed by atoms with Gasteiger partial charge in [0.2, 0.25) is 5.95 Å². The van der Waals surface area contributed by atoms with Crippen LogP contribution in [0, 0.1) is 0 Å². The lowest BCUT2D eigenvalue weighted by Gasteiger charge is -2.19. The Balaban J connectivity index is 1.88. The van der Waals surface area contributed by atoms with Gasteiger partial charge in [0, 0.05) is 12.2 Å². The first-order valence-corrected chi connectivity index (χ1v) is 6.45. The van der Waals surface area contributed by atoms with Gasteiger partial charge in [0.15, 0.2) is 0 Å². The number of hydrogen-bond donors (Lipinski definition) is 2. The highest BCUT2D eigenvalue weighted by atomic mass is 19.4. The fraction of sp³-hybridized carbons (Fsp3) is 0.286. The Morgan fingerprint density at radius 3 is 2.71 bits per heavy atom. The lowest BCUT2D eigenvalue weighted by Crippen LogP contribution is -2.30. The van der Waals surface area contributed by atoms with Gasteiger partial charge in [-0.3, -0.25) is 0 Å². The lowest BCUT2D eigenvalue weighted by atomic mass is 10.1. The van der Waals surface area contributed by atoms with Gasteiger partial charge in [-0.1, -0.05) is 24.3 Å². The normalized spacial score (nSPS) is 21.1. The average Bonchev–Trinajstić information content (AvgIpc) is 2.75. The Morgan fingerprint density at radius 1 is 1.19 bits per heavy atom. The Hall–Kier alpha value is -2.15. The van der Waals surface area contributed by atoms with Gasteiger partial charge in [0.05, 0.1) is 6.04 Å². The summed E-state index contributed by atoms with van der Waals surface area (Å²) in [4.78, 5) is 7.36. The lowest BCUT2D eigenvalue weighted by molar-refractivity contribution is -0.141. The number of aromatic nitrogens is 2. The third-order valence-corrected chi connectivity index (χ3v) is 3.50. The second-order valence-electron chi connectivity index (χ2n) is 4.95. The molecule has 4 nitrogen and oxygen atoms in total. The minimum atomic E-state index is -4.49. The molecule has 3 rings (SSSR count). The number of rotatable bonds is 2. The number of benzene rings is 1. The van der Waals surface area contributed by atoms with E-state index < -0.39 is 11.9 Å². The van der Waals surface area contributed by atoms with Crippen LogP contribution >= 0.6 is 0 Å². The molecule has 1 aromatic heterocycles. The van der Waals surface area contributed by atoms with Crippen molar-refractivity contribution in [2.45, 2.75) is 24.7 Å². The van der Waals surface area contributed by atoms with Crippen molar-refractivity contribution in [2.75, 3.05) is 5.32 Å². The first-order valence-electron chi connectivity index (χ1n) is 6.45. The van der Waals surface area contributed by atoms with Crippen LogP contribution in [0.15, 0.2) is 36.5 Å². The first kappa shape index (κ1) is 13.8. The zero-order valence-electron chi connectivity index (χ0n) is 10.9. The summed E-state index contributed by atoms with van der Waals surface area (Å²) in [5.74, 6) is -0.0676. The predicted molar refractivity (Wildman–Crippen MR) is 71.5 cm³/mol. The van der Waals surface area contributed by atoms with Crippen LogP contribution in [0.5, 0.6) is 0 Å². The summed E-state index contributed by atoms with van der Waals surface area (Å²) in [5.41, 5.74) is 7.16. The SMILES string of the molecule is NC1Cc2ccccc2C1Nc1nccc(C(F)(F)F)n1. The van der Waals surface area contributed by atoms with E-state index in [0.29, 0.717) is 6.42 Å². The monoisotopic (exact) mass is 294 g/mol. The largest absolute Gasteiger partial charge is 0.433 e. The molecule has 2 unspecified atom stereocenters. The highest BCUT2D eigenvalue weighted by Gasteiger charge is 2.34. The summed E-state index contributed by atoms with van der Waals surface area (Å²) in [6, 6.07) is 7.99. The van der Waals surface area contributed by atoms with E-state index in [9.17, 15) is 13.2 Å². The van der Waals surface area contributed by atoms with Crippen LogP contribution in [0.3, 0.4) is 0 Å². The van der Waals surface area contributed by atoms with Crippen LogP contribution in [-0.4, -0.2) is 16.0 Å². The van der Waals surface area contributed by atoms with Gasteiger partial charge >= 0.3 is 6.18 Å². The number of anilines is 1. The maximum Gasteiger partial charge on any atom is 0.433 e. The fourth-order valence-corrected chi connectivity index (χ4v) is 2.54. The molecule has 0 fully saturated rings. The summed E-state index contributed by atoms with van der Waals surface area (Å²) in [6.45, 7) is 0. The molecule has 0 amide bonds. The van der Waals surface area contributed by atoms with E-state index in [-0.39, 0.29) is 18.0 Å². The molecule has 1 aliphatic carbocycles. The molecule has 0 saturated carbocycles. The van der Waals surface area contributed by atoms with E-state index in [1.165, 1.54) is 0 Å². The molecule has 7 heteroatoms. The Morgan fingerprint density at radius 2 is 1.95 bits per heavy atom. The van der Waals surface area contributed by atoms with Crippen LogP contribution < -0.4 is 11.1 Å². The van der Waals surface area contributed by atoms with E-state index in [1.54, 1.807) is 0 Å². The van der Waals surface area contributed by atoms with E-state index in [1.807, 2.05) is 24.3 Å². The average molecular weight is 294 g/mol. The summed E-state index contributed by atoms with van der Waals surface area (Å²) < 4.78 is 38.0. The third-order valence-electron chi connectivity index (χ3n) is 3.50. The van der Waals surface area contributed by atoms with Crippen molar-refractivity contribution in [3.63, 3.8) is 0 Å². The van der Waals surface area contributed by atoms with Gasteiger partial charge < -0.3 is 11.1 Å². The van der Waals surface area contributed by atoms with Gasteiger partial charge in [-0.25, -0.2) is 9.97 Å². The molecule has 1 aliphatic rings. The molecule has 0 aliphatic heterocycles. The smallest absolute Gasteiger partial charge is 0.346 e. The molecule has 1 aromatic carbocycles. The third kappa shape index (κ3) is 2.69. The molecule has 0 radical (unpaired) electrons. The number of alkyl halides is 3. The van der Waals surface area contributed by atoms with Crippen LogP contribution in [0.1, 0.15) is 22.9 Å². The van der Waals surface area contributed by atoms with Gasteiger partial charge in [0.1, 0.15) is 5.69 Å². The van der Waals surface area contributed by atoms with Crippen molar-refractivity contribution in [3.8, 4) is 0 Å². The molecular weight excluding hydrogens is 281 g/mol. The van der Waals surface area contributed by atoms with Crippen molar-refractivity contribution in [2.24, 2.45) is 5.73 Å².